The van der Waals surface area contributed by atoms with E-state index in [1.807, 2.05) is 13.8 Å². The average molecular weight is 288 g/mol. The molecular weight excluding hydrogens is 252 g/mol. The molecule has 0 amide bonds. The molecule has 0 aliphatic heterocycles. The van der Waals surface area contributed by atoms with Crippen molar-refractivity contribution in [2.75, 3.05) is 59.2 Å². The van der Waals surface area contributed by atoms with Crippen LogP contribution < -0.4 is 5.32 Å². The smallest absolute Gasteiger partial charge is 0.0593 e. The molecule has 0 aromatic carbocycles. The van der Waals surface area contributed by atoms with Crippen LogP contribution in [0.5, 0.6) is 0 Å². The number of nitrogens with one attached hydrogen (secondary N) is 1. The monoisotopic (exact) mass is 288 g/mol. The van der Waals surface area contributed by atoms with Gasteiger partial charge in [0, 0.05) is 39.4 Å². The van der Waals surface area contributed by atoms with Crippen molar-refractivity contribution in [1.82, 2.24) is 10.2 Å². The predicted octanol–water partition coefficient (Wildman–Crippen LogP) is 2.39. The lowest BCUT2D eigenvalue weighted by Crippen LogP contribution is -2.37. The SMILES string of the molecule is CCOCCN(CCNCCCC(C)C)CCOCC. The van der Waals surface area contributed by atoms with Gasteiger partial charge in [0.1, 0.15) is 0 Å². The zero-order valence-electron chi connectivity index (χ0n) is 14.1. The molecule has 122 valence electrons. The minimum atomic E-state index is 0.798. The molecule has 0 fully saturated rings. The van der Waals surface area contributed by atoms with E-state index in [-0.39, 0.29) is 0 Å². The first-order valence-electron chi connectivity index (χ1n) is 8.29. The molecule has 0 aromatic rings. The lowest BCUT2D eigenvalue weighted by Gasteiger charge is -2.22. The molecule has 0 unspecified atom stereocenters. The Morgan fingerprint density at radius 3 is 2.00 bits per heavy atom. The van der Waals surface area contributed by atoms with Crippen molar-refractivity contribution in [1.29, 1.82) is 0 Å². The molecule has 0 aliphatic carbocycles. The minimum absolute atomic E-state index is 0.798. The summed E-state index contributed by atoms with van der Waals surface area (Å²) in [7, 11) is 0. The normalized spacial score (nSPS) is 11.7. The Bertz CT molecular complexity index is 179. The van der Waals surface area contributed by atoms with E-state index in [1.165, 1.54) is 12.8 Å². The second-order valence-corrected chi connectivity index (χ2v) is 5.52. The highest BCUT2D eigenvalue weighted by Crippen LogP contribution is 2.01. The van der Waals surface area contributed by atoms with E-state index in [1.54, 1.807) is 0 Å². The summed E-state index contributed by atoms with van der Waals surface area (Å²) < 4.78 is 10.9. The first-order valence-corrected chi connectivity index (χ1v) is 8.29. The molecule has 0 atom stereocenters. The molecule has 0 saturated heterocycles. The van der Waals surface area contributed by atoms with Crippen molar-refractivity contribution in [3.05, 3.63) is 0 Å². The maximum atomic E-state index is 5.44. The van der Waals surface area contributed by atoms with Gasteiger partial charge in [-0.15, -0.1) is 0 Å². The van der Waals surface area contributed by atoms with Crippen molar-refractivity contribution in [3.8, 4) is 0 Å². The lowest BCUT2D eigenvalue weighted by molar-refractivity contribution is 0.0832. The molecular formula is C16H36N2O2. The van der Waals surface area contributed by atoms with Gasteiger partial charge in [0.2, 0.25) is 0 Å². The molecule has 0 aliphatic rings. The van der Waals surface area contributed by atoms with Crippen molar-refractivity contribution >= 4 is 0 Å². The van der Waals surface area contributed by atoms with Crippen LogP contribution in [0.1, 0.15) is 40.5 Å². The Morgan fingerprint density at radius 1 is 0.900 bits per heavy atom. The van der Waals surface area contributed by atoms with Crippen LogP contribution >= 0.6 is 0 Å². The lowest BCUT2D eigenvalue weighted by atomic mass is 10.1. The molecule has 20 heavy (non-hydrogen) atoms. The fourth-order valence-corrected chi connectivity index (χ4v) is 2.01. The molecule has 0 saturated carbocycles. The molecule has 1 N–H and O–H groups in total. The summed E-state index contributed by atoms with van der Waals surface area (Å²) in [5.41, 5.74) is 0. The van der Waals surface area contributed by atoms with Gasteiger partial charge in [-0.1, -0.05) is 13.8 Å². The summed E-state index contributed by atoms with van der Waals surface area (Å²) in [5.74, 6) is 0.811. The van der Waals surface area contributed by atoms with E-state index < -0.39 is 0 Å². The van der Waals surface area contributed by atoms with Gasteiger partial charge in [-0.3, -0.25) is 4.90 Å². The topological polar surface area (TPSA) is 33.7 Å². The van der Waals surface area contributed by atoms with E-state index in [0.29, 0.717) is 0 Å². The van der Waals surface area contributed by atoms with Gasteiger partial charge in [-0.2, -0.15) is 0 Å². The van der Waals surface area contributed by atoms with Gasteiger partial charge in [-0.05, 0) is 39.2 Å². The average Bonchev–Trinajstić information content (AvgIpc) is 2.42. The molecule has 0 heterocycles. The van der Waals surface area contributed by atoms with E-state index >= 15 is 0 Å². The van der Waals surface area contributed by atoms with Crippen LogP contribution in [0.4, 0.5) is 0 Å². The fourth-order valence-electron chi connectivity index (χ4n) is 2.01. The largest absolute Gasteiger partial charge is 0.380 e. The third-order valence-corrected chi connectivity index (χ3v) is 3.25. The zero-order valence-corrected chi connectivity index (χ0v) is 14.1. The second-order valence-electron chi connectivity index (χ2n) is 5.52. The summed E-state index contributed by atoms with van der Waals surface area (Å²) in [5, 5.41) is 3.53. The van der Waals surface area contributed by atoms with E-state index in [9.17, 15) is 0 Å². The first kappa shape index (κ1) is 19.8. The molecule has 0 spiro atoms. The van der Waals surface area contributed by atoms with Gasteiger partial charge in [0.25, 0.3) is 0 Å². The Kier molecular flexibility index (Phi) is 15.1. The predicted molar refractivity (Wildman–Crippen MR) is 86.4 cm³/mol. The van der Waals surface area contributed by atoms with Crippen molar-refractivity contribution in [2.45, 2.75) is 40.5 Å². The van der Waals surface area contributed by atoms with Crippen LogP contribution in [0.2, 0.25) is 0 Å². The Labute approximate surface area is 126 Å². The van der Waals surface area contributed by atoms with Crippen LogP contribution in [0, 0.1) is 5.92 Å². The van der Waals surface area contributed by atoms with E-state index in [0.717, 1.165) is 65.1 Å². The van der Waals surface area contributed by atoms with Crippen LogP contribution in [0.25, 0.3) is 0 Å². The van der Waals surface area contributed by atoms with E-state index in [2.05, 4.69) is 24.1 Å². The van der Waals surface area contributed by atoms with Crippen LogP contribution in [-0.4, -0.2) is 64.1 Å². The van der Waals surface area contributed by atoms with Crippen LogP contribution in [-0.2, 0) is 9.47 Å². The summed E-state index contributed by atoms with van der Waals surface area (Å²) in [4.78, 5) is 2.42. The van der Waals surface area contributed by atoms with Crippen LogP contribution in [0.3, 0.4) is 0 Å². The summed E-state index contributed by atoms with van der Waals surface area (Å²) in [6.07, 6.45) is 2.58. The summed E-state index contributed by atoms with van der Waals surface area (Å²) in [6, 6.07) is 0. The number of rotatable bonds is 15. The van der Waals surface area contributed by atoms with Gasteiger partial charge >= 0.3 is 0 Å². The summed E-state index contributed by atoms with van der Waals surface area (Å²) in [6.45, 7) is 17.1. The standard InChI is InChI=1S/C16H36N2O2/c1-5-19-14-12-18(13-15-20-6-2)11-10-17-9-7-8-16(3)4/h16-17H,5-15H2,1-4H3. The number of nitrogens with zero attached hydrogens (tertiary/aromatic N) is 1. The maximum Gasteiger partial charge on any atom is 0.0593 e. The Hall–Kier alpha value is -0.160. The van der Waals surface area contributed by atoms with Gasteiger partial charge in [0.05, 0.1) is 13.2 Å². The van der Waals surface area contributed by atoms with E-state index in [4.69, 9.17) is 9.47 Å². The molecule has 0 aromatic heterocycles. The van der Waals surface area contributed by atoms with Gasteiger partial charge in [-0.25, -0.2) is 0 Å². The molecule has 0 rings (SSSR count). The first-order chi connectivity index (χ1) is 9.70. The van der Waals surface area contributed by atoms with Gasteiger partial charge in [0.15, 0.2) is 0 Å². The highest BCUT2D eigenvalue weighted by molar-refractivity contribution is 4.60. The molecule has 0 radical (unpaired) electrons. The zero-order chi connectivity index (χ0) is 15.1. The fraction of sp³-hybridized carbons (Fsp3) is 1.00. The highest BCUT2D eigenvalue weighted by Gasteiger charge is 2.04. The van der Waals surface area contributed by atoms with Gasteiger partial charge < -0.3 is 14.8 Å². The minimum Gasteiger partial charge on any atom is -0.380 e. The second kappa shape index (κ2) is 15.2. The third kappa shape index (κ3) is 14.3. The Balaban J connectivity index is 3.61. The van der Waals surface area contributed by atoms with Crippen molar-refractivity contribution in [2.24, 2.45) is 5.92 Å². The summed E-state index contributed by atoms with van der Waals surface area (Å²) >= 11 is 0. The number of hydrogen-bond acceptors (Lipinski definition) is 4. The quantitative estimate of drug-likeness (QED) is 0.469. The molecule has 4 heteroatoms. The third-order valence-electron chi connectivity index (χ3n) is 3.25. The van der Waals surface area contributed by atoms with Crippen LogP contribution in [0.15, 0.2) is 0 Å². The Morgan fingerprint density at radius 2 is 1.50 bits per heavy atom. The number of ether oxygens (including phenoxy) is 2. The molecule has 4 nitrogen and oxygen atoms in total. The molecule has 0 bridgehead atoms. The maximum absolute atomic E-state index is 5.44. The highest BCUT2D eigenvalue weighted by atomic mass is 16.5. The van der Waals surface area contributed by atoms with Crippen molar-refractivity contribution in [3.63, 3.8) is 0 Å². The van der Waals surface area contributed by atoms with Crippen molar-refractivity contribution < 1.29 is 9.47 Å². The number of hydrogen-bond donors (Lipinski definition) is 1.